The van der Waals surface area contributed by atoms with Crippen LogP contribution in [0.5, 0.6) is 5.75 Å². The SMILES string of the molecule is COc1cccc(N(C)c2ccc(-c3ccc(C4CCCC(CC(=O)O)C4)cc3)nn2)c1. The molecule has 2 unspecified atom stereocenters. The highest BCUT2D eigenvalue weighted by Crippen LogP contribution is 2.38. The van der Waals surface area contributed by atoms with E-state index in [9.17, 15) is 4.79 Å². The van der Waals surface area contributed by atoms with Crippen LogP contribution in [0.4, 0.5) is 11.5 Å². The predicted molar refractivity (Wildman–Crippen MR) is 125 cm³/mol. The van der Waals surface area contributed by atoms with E-state index in [1.807, 2.05) is 48.3 Å². The lowest BCUT2D eigenvalue weighted by molar-refractivity contribution is -0.138. The fourth-order valence-electron chi connectivity index (χ4n) is 4.56. The Kier molecular flexibility index (Phi) is 6.69. The molecule has 4 rings (SSSR count). The second-order valence-corrected chi connectivity index (χ2v) is 8.49. The molecular weight excluding hydrogens is 402 g/mol. The highest BCUT2D eigenvalue weighted by molar-refractivity contribution is 5.67. The molecule has 32 heavy (non-hydrogen) atoms. The number of benzene rings is 2. The fraction of sp³-hybridized carbons (Fsp3) is 0.346. The first-order valence-electron chi connectivity index (χ1n) is 11.1. The van der Waals surface area contributed by atoms with Crippen LogP contribution >= 0.6 is 0 Å². The number of aliphatic carboxylic acids is 1. The Morgan fingerprint density at radius 3 is 2.59 bits per heavy atom. The Balaban J connectivity index is 1.44. The van der Waals surface area contributed by atoms with Gasteiger partial charge in [-0.05, 0) is 60.9 Å². The molecule has 1 heterocycles. The predicted octanol–water partition coefficient (Wildman–Crippen LogP) is 5.67. The lowest BCUT2D eigenvalue weighted by atomic mass is 9.76. The summed E-state index contributed by atoms with van der Waals surface area (Å²) in [6, 6.07) is 20.3. The number of anilines is 2. The van der Waals surface area contributed by atoms with Crippen molar-refractivity contribution in [3.05, 3.63) is 66.2 Å². The number of carbonyl (C=O) groups is 1. The van der Waals surface area contributed by atoms with Crippen LogP contribution in [0.2, 0.25) is 0 Å². The first-order chi connectivity index (χ1) is 15.5. The molecule has 2 atom stereocenters. The fourth-order valence-corrected chi connectivity index (χ4v) is 4.56. The monoisotopic (exact) mass is 431 g/mol. The summed E-state index contributed by atoms with van der Waals surface area (Å²) in [6.07, 6.45) is 4.48. The summed E-state index contributed by atoms with van der Waals surface area (Å²) < 4.78 is 5.31. The Labute approximate surface area is 188 Å². The molecule has 0 saturated heterocycles. The Morgan fingerprint density at radius 1 is 1.09 bits per heavy atom. The van der Waals surface area contributed by atoms with Gasteiger partial charge in [0.15, 0.2) is 5.82 Å². The van der Waals surface area contributed by atoms with Gasteiger partial charge < -0.3 is 14.7 Å². The third-order valence-electron chi connectivity index (χ3n) is 6.36. The average Bonchev–Trinajstić information content (AvgIpc) is 2.83. The van der Waals surface area contributed by atoms with Gasteiger partial charge in [-0.15, -0.1) is 10.2 Å². The lowest BCUT2D eigenvalue weighted by Gasteiger charge is -2.28. The van der Waals surface area contributed by atoms with Crippen LogP contribution in [-0.4, -0.2) is 35.4 Å². The van der Waals surface area contributed by atoms with Crippen LogP contribution in [-0.2, 0) is 4.79 Å². The summed E-state index contributed by atoms with van der Waals surface area (Å²) in [5.41, 5.74) is 4.11. The van der Waals surface area contributed by atoms with Gasteiger partial charge in [0.05, 0.1) is 12.8 Å². The number of rotatable bonds is 7. The number of carboxylic acid groups (broad SMARTS) is 1. The standard InChI is InChI=1S/C26H29N3O3/c1-29(22-7-4-8-23(17-22)32-2)25-14-13-24(27-28-25)20-11-9-19(10-12-20)21-6-3-5-18(15-21)16-26(30)31/h4,7-14,17-18,21H,3,5-6,15-16H2,1-2H3,(H,30,31). The number of carboxylic acids is 1. The molecule has 3 aromatic rings. The van der Waals surface area contributed by atoms with Gasteiger partial charge in [0.25, 0.3) is 0 Å². The maximum Gasteiger partial charge on any atom is 0.303 e. The molecule has 1 fully saturated rings. The topological polar surface area (TPSA) is 75.5 Å². The first kappa shape index (κ1) is 21.8. The third-order valence-corrected chi connectivity index (χ3v) is 6.36. The number of hydrogen-bond acceptors (Lipinski definition) is 5. The van der Waals surface area contributed by atoms with Crippen molar-refractivity contribution in [2.45, 2.75) is 38.0 Å². The van der Waals surface area contributed by atoms with E-state index in [4.69, 9.17) is 9.84 Å². The molecule has 1 N–H and O–H groups in total. The van der Waals surface area contributed by atoms with E-state index in [-0.39, 0.29) is 12.3 Å². The van der Waals surface area contributed by atoms with Gasteiger partial charge in [-0.25, -0.2) is 0 Å². The van der Waals surface area contributed by atoms with Crippen LogP contribution < -0.4 is 9.64 Å². The molecule has 1 aromatic heterocycles. The molecule has 1 aliphatic rings. The van der Waals surface area contributed by atoms with Gasteiger partial charge in [-0.3, -0.25) is 4.79 Å². The van der Waals surface area contributed by atoms with Crippen molar-refractivity contribution >= 4 is 17.5 Å². The third kappa shape index (κ3) is 5.07. The minimum absolute atomic E-state index is 0.279. The zero-order valence-corrected chi connectivity index (χ0v) is 18.6. The summed E-state index contributed by atoms with van der Waals surface area (Å²) in [5, 5.41) is 18.0. The molecule has 2 aromatic carbocycles. The van der Waals surface area contributed by atoms with Crippen LogP contribution in [0.25, 0.3) is 11.3 Å². The second kappa shape index (κ2) is 9.81. The molecule has 6 heteroatoms. The minimum atomic E-state index is -0.690. The van der Waals surface area contributed by atoms with E-state index in [1.165, 1.54) is 5.56 Å². The van der Waals surface area contributed by atoms with E-state index in [0.717, 1.165) is 54.2 Å². The van der Waals surface area contributed by atoms with Gasteiger partial charge in [-0.1, -0.05) is 36.8 Å². The van der Waals surface area contributed by atoms with E-state index in [1.54, 1.807) is 7.11 Å². The van der Waals surface area contributed by atoms with Crippen molar-refractivity contribution in [2.24, 2.45) is 5.92 Å². The molecular formula is C26H29N3O3. The highest BCUT2D eigenvalue weighted by atomic mass is 16.5. The largest absolute Gasteiger partial charge is 0.497 e. The van der Waals surface area contributed by atoms with E-state index < -0.39 is 5.97 Å². The molecule has 0 aliphatic heterocycles. The van der Waals surface area contributed by atoms with E-state index in [2.05, 4.69) is 34.5 Å². The molecule has 6 nitrogen and oxygen atoms in total. The van der Waals surface area contributed by atoms with Gasteiger partial charge in [-0.2, -0.15) is 0 Å². The summed E-state index contributed by atoms with van der Waals surface area (Å²) in [6.45, 7) is 0. The molecule has 0 radical (unpaired) electrons. The van der Waals surface area contributed by atoms with Gasteiger partial charge in [0.2, 0.25) is 0 Å². The van der Waals surface area contributed by atoms with Crippen molar-refractivity contribution in [1.29, 1.82) is 0 Å². The maximum absolute atomic E-state index is 11.1. The zero-order valence-electron chi connectivity index (χ0n) is 18.6. The quantitative estimate of drug-likeness (QED) is 0.520. The zero-order chi connectivity index (χ0) is 22.5. The van der Waals surface area contributed by atoms with Crippen LogP contribution in [0.1, 0.15) is 43.6 Å². The van der Waals surface area contributed by atoms with Crippen LogP contribution in [0.15, 0.2) is 60.7 Å². The van der Waals surface area contributed by atoms with Gasteiger partial charge in [0.1, 0.15) is 5.75 Å². The van der Waals surface area contributed by atoms with Crippen LogP contribution in [0, 0.1) is 5.92 Å². The second-order valence-electron chi connectivity index (χ2n) is 8.49. The van der Waals surface area contributed by atoms with Crippen molar-refractivity contribution < 1.29 is 14.6 Å². The van der Waals surface area contributed by atoms with Crippen molar-refractivity contribution in [3.8, 4) is 17.0 Å². The highest BCUT2D eigenvalue weighted by Gasteiger charge is 2.24. The van der Waals surface area contributed by atoms with Gasteiger partial charge >= 0.3 is 5.97 Å². The van der Waals surface area contributed by atoms with E-state index >= 15 is 0 Å². The normalized spacial score (nSPS) is 18.2. The summed E-state index contributed by atoms with van der Waals surface area (Å²) in [7, 11) is 3.61. The average molecular weight is 432 g/mol. The van der Waals surface area contributed by atoms with Crippen LogP contribution in [0.3, 0.4) is 0 Å². The van der Waals surface area contributed by atoms with Gasteiger partial charge in [0, 0.05) is 30.8 Å². The lowest BCUT2D eigenvalue weighted by Crippen LogP contribution is -2.17. The number of ether oxygens (including phenoxy) is 1. The minimum Gasteiger partial charge on any atom is -0.497 e. The van der Waals surface area contributed by atoms with Crippen molar-refractivity contribution in [2.75, 3.05) is 19.1 Å². The molecule has 1 aliphatic carbocycles. The molecule has 166 valence electrons. The summed E-state index contributed by atoms with van der Waals surface area (Å²) >= 11 is 0. The number of methoxy groups -OCH3 is 1. The number of hydrogen-bond donors (Lipinski definition) is 1. The number of nitrogens with zero attached hydrogens (tertiary/aromatic N) is 3. The maximum atomic E-state index is 11.1. The summed E-state index contributed by atoms with van der Waals surface area (Å²) in [4.78, 5) is 13.0. The Hall–Kier alpha value is -3.41. The molecule has 1 saturated carbocycles. The Bertz CT molecular complexity index is 1050. The molecule has 0 spiro atoms. The number of aromatic nitrogens is 2. The van der Waals surface area contributed by atoms with Crippen molar-refractivity contribution in [1.82, 2.24) is 10.2 Å². The van der Waals surface area contributed by atoms with E-state index in [0.29, 0.717) is 5.92 Å². The van der Waals surface area contributed by atoms with Crippen molar-refractivity contribution in [3.63, 3.8) is 0 Å². The molecule has 0 bridgehead atoms. The molecule has 0 amide bonds. The Morgan fingerprint density at radius 2 is 1.91 bits per heavy atom. The first-order valence-corrected chi connectivity index (χ1v) is 11.1. The summed E-state index contributed by atoms with van der Waals surface area (Å²) in [5.74, 6) is 1.58. The smallest absolute Gasteiger partial charge is 0.303 e.